The van der Waals surface area contributed by atoms with E-state index in [4.69, 9.17) is 11.5 Å². The lowest BCUT2D eigenvalue weighted by atomic mass is 10.1. The van der Waals surface area contributed by atoms with Crippen molar-refractivity contribution < 1.29 is 48.6 Å². The number of rotatable bonds is 8. The van der Waals surface area contributed by atoms with Crippen molar-refractivity contribution in [2.75, 3.05) is 25.0 Å². The van der Waals surface area contributed by atoms with Gasteiger partial charge in [-0.1, -0.05) is 5.21 Å². The standard InChI is InChI=1S/C22H32N12O10/c23-22(24)25-3-1-2-10-19(42)27-7-15(36)29-12(5-18(40)41)21(44)31-13-8-34(33-32-13)9-16(37)26-6-14(35)28-11(4-17(38)39)20(43)30-10/h8,10-12H,1-7,9H2,(H,26,37)(H,27,42)(H,28,35)(H,29,36)(H,30,43)(H,31,44)(H,38,39)(H,40,41)(H4,23,24,25)/t10-,11-,12-/m0/s1. The summed E-state index contributed by atoms with van der Waals surface area (Å²) in [5.41, 5.74) is 10.6. The van der Waals surface area contributed by atoms with Crippen molar-refractivity contribution in [2.24, 2.45) is 16.5 Å². The van der Waals surface area contributed by atoms with E-state index in [2.05, 4.69) is 47.2 Å². The maximum Gasteiger partial charge on any atom is 0.305 e. The normalized spacial score (nSPS) is 20.8. The molecule has 0 radical (unpaired) electrons. The fourth-order valence-electron chi connectivity index (χ4n) is 3.62. The predicted molar refractivity (Wildman–Crippen MR) is 145 cm³/mol. The molecule has 22 heteroatoms. The molecule has 0 unspecified atom stereocenters. The molecule has 2 heterocycles. The van der Waals surface area contributed by atoms with Crippen LogP contribution >= 0.6 is 0 Å². The van der Waals surface area contributed by atoms with Crippen LogP contribution in [0.2, 0.25) is 0 Å². The highest BCUT2D eigenvalue weighted by molar-refractivity contribution is 5.99. The minimum atomic E-state index is -1.67. The quantitative estimate of drug-likeness (QED) is 0.0731. The number of anilines is 1. The summed E-state index contributed by atoms with van der Waals surface area (Å²) in [6, 6.07) is -4.68. The van der Waals surface area contributed by atoms with Crippen LogP contribution in [0.4, 0.5) is 5.82 Å². The number of nitrogens with two attached hydrogens (primary N) is 2. The van der Waals surface area contributed by atoms with Crippen LogP contribution in [-0.2, 0) is 44.9 Å². The molecule has 3 atom stereocenters. The molecule has 44 heavy (non-hydrogen) atoms. The van der Waals surface area contributed by atoms with Crippen molar-refractivity contribution in [3.63, 3.8) is 0 Å². The molecule has 6 amide bonds. The van der Waals surface area contributed by atoms with Gasteiger partial charge in [0.15, 0.2) is 11.8 Å². The van der Waals surface area contributed by atoms with E-state index < -0.39 is 98.0 Å². The number of nitrogens with one attached hydrogen (secondary N) is 6. The summed E-state index contributed by atoms with van der Waals surface area (Å²) < 4.78 is 0.972. The number of aromatic nitrogens is 3. The van der Waals surface area contributed by atoms with Crippen LogP contribution in [0.15, 0.2) is 11.2 Å². The average Bonchev–Trinajstić information content (AvgIpc) is 3.36. The van der Waals surface area contributed by atoms with Gasteiger partial charge in [-0.05, 0) is 12.8 Å². The van der Waals surface area contributed by atoms with Crippen molar-refractivity contribution in [1.82, 2.24) is 41.6 Å². The molecule has 2 bridgehead atoms. The monoisotopic (exact) mass is 624 g/mol. The molecule has 12 N–H and O–H groups in total. The van der Waals surface area contributed by atoms with Gasteiger partial charge in [0.25, 0.3) is 0 Å². The zero-order chi connectivity index (χ0) is 32.8. The molecule has 1 aliphatic heterocycles. The molecule has 1 aromatic rings. The maximum atomic E-state index is 13.0. The topological polar surface area (TPSA) is 344 Å². The molecular weight excluding hydrogens is 592 g/mol. The van der Waals surface area contributed by atoms with Crippen LogP contribution in [0, 0.1) is 0 Å². The highest BCUT2D eigenvalue weighted by Crippen LogP contribution is 2.05. The Bertz CT molecular complexity index is 1310. The number of carboxylic acids is 2. The van der Waals surface area contributed by atoms with Crippen molar-refractivity contribution in [1.29, 1.82) is 0 Å². The van der Waals surface area contributed by atoms with E-state index >= 15 is 0 Å². The number of carbonyl (C=O) groups excluding carboxylic acids is 6. The highest BCUT2D eigenvalue weighted by atomic mass is 16.4. The van der Waals surface area contributed by atoms with Gasteiger partial charge in [-0.2, -0.15) is 0 Å². The Morgan fingerprint density at radius 1 is 0.841 bits per heavy atom. The summed E-state index contributed by atoms with van der Waals surface area (Å²) in [5, 5.41) is 39.1. The first-order chi connectivity index (χ1) is 20.7. The van der Waals surface area contributed by atoms with Crippen LogP contribution in [0.3, 0.4) is 0 Å². The molecule has 1 aromatic heterocycles. The number of carboxylic acid groups (broad SMARTS) is 2. The summed E-state index contributed by atoms with van der Waals surface area (Å²) >= 11 is 0. The van der Waals surface area contributed by atoms with Gasteiger partial charge in [-0.3, -0.25) is 43.3 Å². The predicted octanol–water partition coefficient (Wildman–Crippen LogP) is -6.08. The first-order valence-electron chi connectivity index (χ1n) is 12.9. The van der Waals surface area contributed by atoms with Gasteiger partial charge < -0.3 is 53.6 Å². The van der Waals surface area contributed by atoms with Crippen LogP contribution in [0.5, 0.6) is 0 Å². The van der Waals surface area contributed by atoms with Crippen molar-refractivity contribution in [2.45, 2.75) is 50.4 Å². The van der Waals surface area contributed by atoms with E-state index in [1.807, 2.05) is 0 Å². The molecule has 2 rings (SSSR count). The molecule has 1 aliphatic rings. The number of nitrogens with zero attached hydrogens (tertiary/aromatic N) is 4. The molecule has 0 aromatic carbocycles. The molecule has 0 aliphatic carbocycles. The van der Waals surface area contributed by atoms with Crippen molar-refractivity contribution >= 4 is 59.2 Å². The lowest BCUT2D eigenvalue weighted by Gasteiger charge is -2.22. The van der Waals surface area contributed by atoms with E-state index in [0.29, 0.717) is 0 Å². The fourth-order valence-corrected chi connectivity index (χ4v) is 3.62. The lowest BCUT2D eigenvalue weighted by Crippen LogP contribution is -2.56. The molecule has 0 saturated carbocycles. The maximum absolute atomic E-state index is 13.0. The van der Waals surface area contributed by atoms with Gasteiger partial charge in [0, 0.05) is 6.54 Å². The zero-order valence-corrected chi connectivity index (χ0v) is 23.1. The number of aliphatic carboxylic acids is 2. The van der Waals surface area contributed by atoms with Gasteiger partial charge in [0.2, 0.25) is 35.4 Å². The molecule has 0 spiro atoms. The Morgan fingerprint density at radius 3 is 2.02 bits per heavy atom. The summed E-state index contributed by atoms with van der Waals surface area (Å²) in [4.78, 5) is 102. The number of aliphatic imine (C=N–C) groups is 1. The Labute approximate surface area is 247 Å². The number of fused-ring (bicyclic) bond motifs is 2. The van der Waals surface area contributed by atoms with Gasteiger partial charge in [0.1, 0.15) is 24.7 Å². The Morgan fingerprint density at radius 2 is 1.43 bits per heavy atom. The summed E-state index contributed by atoms with van der Waals surface area (Å²) in [7, 11) is 0. The second-order valence-corrected chi connectivity index (χ2v) is 9.23. The lowest BCUT2D eigenvalue weighted by molar-refractivity contribution is -0.141. The number of guanidine groups is 1. The largest absolute Gasteiger partial charge is 0.481 e. The van der Waals surface area contributed by atoms with Crippen molar-refractivity contribution in [3.8, 4) is 0 Å². The number of amides is 6. The van der Waals surface area contributed by atoms with Gasteiger partial charge in [-0.25, -0.2) is 4.68 Å². The zero-order valence-electron chi connectivity index (χ0n) is 23.1. The fraction of sp³-hybridized carbons (Fsp3) is 0.500. The second kappa shape index (κ2) is 16.6. The van der Waals surface area contributed by atoms with Gasteiger partial charge in [0.05, 0.1) is 32.1 Å². The van der Waals surface area contributed by atoms with Gasteiger partial charge in [-0.15, -0.1) is 5.10 Å². The highest BCUT2D eigenvalue weighted by Gasteiger charge is 2.30. The Hall–Kier alpha value is -5.83. The Kier molecular flexibility index (Phi) is 12.9. The smallest absolute Gasteiger partial charge is 0.305 e. The van der Waals surface area contributed by atoms with E-state index in [1.165, 1.54) is 0 Å². The van der Waals surface area contributed by atoms with Gasteiger partial charge >= 0.3 is 11.9 Å². The van der Waals surface area contributed by atoms with Crippen molar-refractivity contribution in [3.05, 3.63) is 6.20 Å². The Balaban J connectivity index is 2.33. The van der Waals surface area contributed by atoms with Crippen LogP contribution in [0.1, 0.15) is 25.7 Å². The van der Waals surface area contributed by atoms with E-state index in [0.717, 1.165) is 10.9 Å². The first kappa shape index (κ1) is 34.4. The van der Waals surface area contributed by atoms with Crippen LogP contribution in [0.25, 0.3) is 0 Å². The summed E-state index contributed by atoms with van der Waals surface area (Å²) in [5.74, 6) is -9.02. The van der Waals surface area contributed by atoms with E-state index in [9.17, 15) is 48.6 Å². The third kappa shape index (κ3) is 12.4. The molecule has 22 nitrogen and oxygen atoms in total. The summed E-state index contributed by atoms with van der Waals surface area (Å²) in [6.07, 6.45) is -0.596. The average molecular weight is 625 g/mol. The van der Waals surface area contributed by atoms with Crippen LogP contribution < -0.4 is 43.4 Å². The number of carbonyl (C=O) groups is 8. The van der Waals surface area contributed by atoms with E-state index in [-0.39, 0.29) is 31.2 Å². The summed E-state index contributed by atoms with van der Waals surface area (Å²) in [6.45, 7) is -1.88. The second-order valence-electron chi connectivity index (χ2n) is 9.23. The van der Waals surface area contributed by atoms with Crippen LogP contribution in [-0.4, -0.2) is 116 Å². The molecular formula is C22H32N12O10. The van der Waals surface area contributed by atoms with E-state index in [1.54, 1.807) is 0 Å². The number of hydrogen-bond acceptors (Lipinski definition) is 11. The molecule has 240 valence electrons. The SMILES string of the molecule is NC(N)=NCCC[C@@H]1NC(=O)[C@H](CC(=O)O)NC(=O)CNC(=O)Cn2cc(nn2)NC(=O)[C@H](CC(=O)O)NC(=O)CNC1=O. The minimum absolute atomic E-state index is 0.0386. The molecule has 0 fully saturated rings. The third-order valence-corrected chi connectivity index (χ3v) is 5.60. The minimum Gasteiger partial charge on any atom is -0.481 e. The first-order valence-corrected chi connectivity index (χ1v) is 12.9. The third-order valence-electron chi connectivity index (χ3n) is 5.60. The molecule has 0 saturated heterocycles. The number of hydrogen-bond donors (Lipinski definition) is 10.